The number of nitrogens with zero attached hydrogens (tertiary/aromatic N) is 8. The molecular formula is C60H40N8O4Zn. The van der Waals surface area contributed by atoms with Crippen molar-refractivity contribution in [1.29, 1.82) is 0 Å². The Hall–Kier alpha value is -9.06. The monoisotopic (exact) mass is 1000 g/mol. The van der Waals surface area contributed by atoms with E-state index in [2.05, 4.69) is 0 Å². The first kappa shape index (κ1) is 45.1. The molecule has 0 saturated heterocycles. The zero-order chi connectivity index (χ0) is 48.5. The normalized spacial score (nSPS) is 11.5. The maximum atomic E-state index is 6.65. The molecule has 5 heterocycles. The van der Waals surface area contributed by atoms with Gasteiger partial charge in [-0.05, 0) is 111 Å². The first-order chi connectivity index (χ1) is 35.2. The second-order valence-corrected chi connectivity index (χ2v) is 17.9. The minimum absolute atomic E-state index is 0. The third kappa shape index (κ3) is 8.39. The predicted molar refractivity (Wildman–Crippen MR) is 279 cm³/mol. The van der Waals surface area contributed by atoms with Gasteiger partial charge in [-0.3, -0.25) is 0 Å². The smallest absolute Gasteiger partial charge is 0.457 e. The van der Waals surface area contributed by atoms with Gasteiger partial charge >= 0.3 is 19.5 Å². The van der Waals surface area contributed by atoms with Crippen LogP contribution in [0.5, 0.6) is 46.0 Å². The molecule has 11 aromatic rings. The van der Waals surface area contributed by atoms with E-state index < -0.39 is 0 Å². The summed E-state index contributed by atoms with van der Waals surface area (Å²) in [5, 5.41) is 2.64. The van der Waals surface area contributed by atoms with Gasteiger partial charge in [0.25, 0.3) is 0 Å². The molecule has 0 N–H and O–H groups in total. The van der Waals surface area contributed by atoms with Crippen LogP contribution < -0.4 is 28.9 Å². The van der Waals surface area contributed by atoms with Crippen molar-refractivity contribution in [2.24, 2.45) is 0 Å². The molecule has 0 aliphatic carbocycles. The van der Waals surface area contributed by atoms with Crippen molar-refractivity contribution in [3.05, 3.63) is 192 Å². The van der Waals surface area contributed by atoms with Gasteiger partial charge in [0.05, 0.1) is 34.4 Å². The molecule has 12 nitrogen and oxygen atoms in total. The van der Waals surface area contributed by atoms with E-state index in [1.54, 1.807) is 0 Å². The van der Waals surface area contributed by atoms with E-state index in [0.29, 0.717) is 136 Å². The molecule has 2 aliphatic rings. The summed E-state index contributed by atoms with van der Waals surface area (Å²) in [6.07, 6.45) is 0. The Morgan fingerprint density at radius 1 is 0.301 bits per heavy atom. The fourth-order valence-electron chi connectivity index (χ4n) is 9.00. The zero-order valence-corrected chi connectivity index (χ0v) is 43.1. The van der Waals surface area contributed by atoms with Crippen molar-refractivity contribution >= 4 is 44.1 Å². The minimum atomic E-state index is 0. The van der Waals surface area contributed by atoms with E-state index in [-0.39, 0.29) is 19.5 Å². The molecule has 0 atom stereocenters. The number of ether oxygens (including phenoxy) is 4. The van der Waals surface area contributed by atoms with Gasteiger partial charge in [-0.25, -0.2) is 9.97 Å². The van der Waals surface area contributed by atoms with Crippen LogP contribution in [0.15, 0.2) is 170 Å². The van der Waals surface area contributed by atoms with Crippen LogP contribution in [0, 0.1) is 27.7 Å². The molecule has 0 saturated carbocycles. The Kier molecular flexibility index (Phi) is 11.3. The SMILES string of the molecule is Cc1ccc(Oc2cccc3c2-c2nc-3nc3[n-]c(nc4nc(nc5[n-]c(n2)c2cccc(Oc6ccc(C)cc6)c52)-c2cccc(Oc5ccc(C)cc5)c2-4)c2cccc(Oc4ccc(C)cc4)c32)cc1.[Zn+2]. The Morgan fingerprint density at radius 2 is 0.603 bits per heavy atom. The van der Waals surface area contributed by atoms with Gasteiger partial charge in [0.15, 0.2) is 0 Å². The standard InChI is InChI=1S/C60H40N8O4.Zn/c1-33-17-25-37(26-18-33)69-45-13-5-9-41-49(45)57-61-53(41)66-58-51-43(11-7-15-47(51)71-39-29-21-35(3)22-30-39)55(63-58)68-60-52-44(12-8-16-48(52)72-40-31-23-36(4)24-32-40)56(64-60)67-59-50-42(54(62-59)65-57)10-6-14-46(50)70-38-27-19-34(2)20-28-38;/h5-32H,1-4H3;/q-2;+2. The summed E-state index contributed by atoms with van der Waals surface area (Å²) < 4.78 is 26.6. The molecule has 2 aliphatic heterocycles. The average Bonchev–Trinajstić information content (AvgIpc) is 4.14. The van der Waals surface area contributed by atoms with Crippen LogP contribution in [0.2, 0.25) is 0 Å². The van der Waals surface area contributed by atoms with E-state index >= 15 is 0 Å². The quantitative estimate of drug-likeness (QED) is 0.134. The van der Waals surface area contributed by atoms with Crippen LogP contribution >= 0.6 is 0 Å². The summed E-state index contributed by atoms with van der Waals surface area (Å²) in [5.41, 5.74) is 8.47. The number of aryl methyl sites for hydroxylation is 4. The molecule has 3 aromatic heterocycles. The number of fused-ring (bicyclic) bond motifs is 20. The second-order valence-electron chi connectivity index (χ2n) is 17.9. The molecular weight excluding hydrogens is 962 g/mol. The number of hydrogen-bond donors (Lipinski definition) is 0. The first-order valence-corrected chi connectivity index (χ1v) is 23.5. The van der Waals surface area contributed by atoms with Crippen LogP contribution in [0.25, 0.3) is 89.7 Å². The molecule has 346 valence electrons. The molecule has 73 heavy (non-hydrogen) atoms. The van der Waals surface area contributed by atoms with E-state index in [1.807, 2.05) is 198 Å². The van der Waals surface area contributed by atoms with Crippen LogP contribution in [-0.2, 0) is 19.5 Å². The number of rotatable bonds is 8. The minimum Gasteiger partial charge on any atom is -0.457 e. The van der Waals surface area contributed by atoms with Gasteiger partial charge in [0.1, 0.15) is 46.0 Å². The van der Waals surface area contributed by atoms with Crippen molar-refractivity contribution in [3.8, 4) is 91.5 Å². The summed E-state index contributed by atoms with van der Waals surface area (Å²) in [4.78, 5) is 42.0. The van der Waals surface area contributed by atoms with E-state index in [0.717, 1.165) is 22.3 Å². The molecule has 0 unspecified atom stereocenters. The molecule has 0 fully saturated rings. The van der Waals surface area contributed by atoms with Crippen molar-refractivity contribution in [2.75, 3.05) is 0 Å². The largest absolute Gasteiger partial charge is 2.00 e. The Labute approximate surface area is 431 Å². The molecule has 8 bridgehead atoms. The fraction of sp³-hybridized carbons (Fsp3) is 0.0667. The summed E-state index contributed by atoms with van der Waals surface area (Å²) >= 11 is 0. The van der Waals surface area contributed by atoms with Gasteiger partial charge in [0, 0.05) is 44.5 Å². The topological polar surface area (TPSA) is 142 Å². The van der Waals surface area contributed by atoms with Crippen LogP contribution in [-0.4, -0.2) is 29.9 Å². The van der Waals surface area contributed by atoms with Gasteiger partial charge in [-0.2, -0.15) is 0 Å². The van der Waals surface area contributed by atoms with Gasteiger partial charge < -0.3 is 48.9 Å². The molecule has 0 radical (unpaired) electrons. The third-order valence-corrected chi connectivity index (χ3v) is 12.7. The maximum absolute atomic E-state index is 6.65. The summed E-state index contributed by atoms with van der Waals surface area (Å²) in [6, 6.07) is 54.7. The Balaban J connectivity index is 0.00000543. The number of hydrogen-bond acceptors (Lipinski definition) is 10. The van der Waals surface area contributed by atoms with Crippen molar-refractivity contribution in [3.63, 3.8) is 0 Å². The van der Waals surface area contributed by atoms with Crippen LogP contribution in [0.3, 0.4) is 0 Å². The number of aromatic nitrogens is 8. The van der Waals surface area contributed by atoms with Crippen LogP contribution in [0.4, 0.5) is 0 Å². The molecule has 13 rings (SSSR count). The maximum Gasteiger partial charge on any atom is 2.00 e. The van der Waals surface area contributed by atoms with E-state index in [9.17, 15) is 0 Å². The van der Waals surface area contributed by atoms with Crippen molar-refractivity contribution in [1.82, 2.24) is 39.9 Å². The van der Waals surface area contributed by atoms with E-state index in [1.165, 1.54) is 0 Å². The Morgan fingerprint density at radius 3 is 0.959 bits per heavy atom. The zero-order valence-electron chi connectivity index (χ0n) is 40.1. The summed E-state index contributed by atoms with van der Waals surface area (Å²) in [7, 11) is 0. The third-order valence-electron chi connectivity index (χ3n) is 12.7. The predicted octanol–water partition coefficient (Wildman–Crippen LogP) is 14.5. The first-order valence-electron chi connectivity index (χ1n) is 23.5. The van der Waals surface area contributed by atoms with E-state index in [4.69, 9.17) is 58.8 Å². The number of benzene rings is 8. The average molecular weight is 1000 g/mol. The summed E-state index contributed by atoms with van der Waals surface area (Å²) in [6.45, 7) is 8.16. The summed E-state index contributed by atoms with van der Waals surface area (Å²) in [5.74, 6) is 6.15. The molecule has 13 heteroatoms. The van der Waals surface area contributed by atoms with Crippen molar-refractivity contribution < 1.29 is 38.4 Å². The fourth-order valence-corrected chi connectivity index (χ4v) is 9.00. The molecule has 0 amide bonds. The van der Waals surface area contributed by atoms with Crippen molar-refractivity contribution in [2.45, 2.75) is 27.7 Å². The van der Waals surface area contributed by atoms with Crippen LogP contribution in [0.1, 0.15) is 22.3 Å². The van der Waals surface area contributed by atoms with Gasteiger partial charge in [-0.1, -0.05) is 119 Å². The second kappa shape index (κ2) is 18.3. The van der Waals surface area contributed by atoms with Gasteiger partial charge in [0.2, 0.25) is 0 Å². The molecule has 8 aromatic carbocycles. The Bertz CT molecular complexity index is 3870. The molecule has 0 spiro atoms. The van der Waals surface area contributed by atoms with Gasteiger partial charge in [-0.15, -0.1) is 0 Å².